The molecule has 1 amide bonds. The van der Waals surface area contributed by atoms with Crippen molar-refractivity contribution in [3.05, 3.63) is 59.2 Å². The lowest BCUT2D eigenvalue weighted by atomic mass is 10.1. The van der Waals surface area contributed by atoms with Crippen LogP contribution in [0.25, 0.3) is 11.5 Å². The highest BCUT2D eigenvalue weighted by molar-refractivity contribution is 6.03. The third-order valence-electron chi connectivity index (χ3n) is 3.61. The van der Waals surface area contributed by atoms with Gasteiger partial charge in [0.1, 0.15) is 5.75 Å². The van der Waals surface area contributed by atoms with Crippen molar-refractivity contribution < 1.29 is 13.9 Å². The standard InChI is InChI=1S/C18H17N3O3/c1-11-4-9-15(12(2)10-11)17-20-21-18(24-17)19-16(22)13-5-7-14(23-3)8-6-13/h4-10H,1-3H3,(H,19,21,22). The Hall–Kier alpha value is -3.15. The Bertz CT molecular complexity index is 869. The number of methoxy groups -OCH3 is 1. The molecule has 0 saturated heterocycles. The maximum Gasteiger partial charge on any atom is 0.322 e. The van der Waals surface area contributed by atoms with Crippen LogP contribution < -0.4 is 10.1 Å². The molecule has 1 N–H and O–H groups in total. The van der Waals surface area contributed by atoms with Crippen molar-refractivity contribution in [2.24, 2.45) is 0 Å². The van der Waals surface area contributed by atoms with Gasteiger partial charge in [-0.15, -0.1) is 5.10 Å². The van der Waals surface area contributed by atoms with Crippen LogP contribution in [-0.2, 0) is 0 Å². The summed E-state index contributed by atoms with van der Waals surface area (Å²) in [6.45, 7) is 3.99. The Morgan fingerprint density at radius 1 is 1.08 bits per heavy atom. The Morgan fingerprint density at radius 3 is 2.50 bits per heavy atom. The van der Waals surface area contributed by atoms with E-state index < -0.39 is 0 Å². The van der Waals surface area contributed by atoms with Crippen LogP contribution in [-0.4, -0.2) is 23.2 Å². The third kappa shape index (κ3) is 3.27. The number of rotatable bonds is 4. The molecule has 3 rings (SSSR count). The van der Waals surface area contributed by atoms with Crippen molar-refractivity contribution in [1.82, 2.24) is 10.2 Å². The fraction of sp³-hybridized carbons (Fsp3) is 0.167. The number of benzene rings is 2. The predicted molar refractivity (Wildman–Crippen MR) is 90.2 cm³/mol. The van der Waals surface area contributed by atoms with E-state index in [0.717, 1.165) is 16.7 Å². The lowest BCUT2D eigenvalue weighted by Crippen LogP contribution is -2.11. The lowest BCUT2D eigenvalue weighted by Gasteiger charge is -2.03. The van der Waals surface area contributed by atoms with Gasteiger partial charge in [-0.05, 0) is 49.7 Å². The van der Waals surface area contributed by atoms with Crippen LogP contribution in [0.1, 0.15) is 21.5 Å². The average Bonchev–Trinajstić information content (AvgIpc) is 3.03. The molecule has 0 radical (unpaired) electrons. The second-order valence-corrected chi connectivity index (χ2v) is 5.41. The predicted octanol–water partition coefficient (Wildman–Crippen LogP) is 3.61. The largest absolute Gasteiger partial charge is 0.497 e. The molecule has 122 valence electrons. The number of aryl methyl sites for hydroxylation is 2. The first kappa shape index (κ1) is 15.7. The van der Waals surface area contributed by atoms with E-state index in [1.54, 1.807) is 31.4 Å². The van der Waals surface area contributed by atoms with Crippen molar-refractivity contribution in [2.75, 3.05) is 12.4 Å². The first-order valence-corrected chi connectivity index (χ1v) is 7.43. The molecule has 0 atom stereocenters. The smallest absolute Gasteiger partial charge is 0.322 e. The summed E-state index contributed by atoms with van der Waals surface area (Å²) < 4.78 is 10.6. The van der Waals surface area contributed by atoms with E-state index in [2.05, 4.69) is 15.5 Å². The Balaban J connectivity index is 1.76. The first-order chi connectivity index (χ1) is 11.6. The molecule has 0 aliphatic rings. The molecule has 0 aliphatic heterocycles. The number of ether oxygens (including phenoxy) is 1. The van der Waals surface area contributed by atoms with E-state index in [1.807, 2.05) is 32.0 Å². The number of hydrogen-bond acceptors (Lipinski definition) is 5. The summed E-state index contributed by atoms with van der Waals surface area (Å²) in [6, 6.07) is 12.7. The van der Waals surface area contributed by atoms with Crippen LogP contribution in [0.2, 0.25) is 0 Å². The van der Waals surface area contributed by atoms with Crippen LogP contribution in [0.4, 0.5) is 6.01 Å². The van der Waals surface area contributed by atoms with Gasteiger partial charge in [0.2, 0.25) is 5.89 Å². The normalized spacial score (nSPS) is 10.5. The summed E-state index contributed by atoms with van der Waals surface area (Å²) >= 11 is 0. The van der Waals surface area contributed by atoms with Gasteiger partial charge in [0, 0.05) is 11.1 Å². The zero-order valence-corrected chi connectivity index (χ0v) is 13.7. The van der Waals surface area contributed by atoms with E-state index in [1.165, 1.54) is 0 Å². The molecule has 0 spiro atoms. The summed E-state index contributed by atoms with van der Waals surface area (Å²) in [7, 11) is 1.57. The van der Waals surface area contributed by atoms with Gasteiger partial charge >= 0.3 is 6.01 Å². The highest BCUT2D eigenvalue weighted by Crippen LogP contribution is 2.24. The summed E-state index contributed by atoms with van der Waals surface area (Å²) in [4.78, 5) is 12.2. The number of aromatic nitrogens is 2. The first-order valence-electron chi connectivity index (χ1n) is 7.43. The van der Waals surface area contributed by atoms with Gasteiger partial charge in [-0.2, -0.15) is 0 Å². The van der Waals surface area contributed by atoms with Crippen molar-refractivity contribution in [1.29, 1.82) is 0 Å². The number of anilines is 1. The molecule has 6 heteroatoms. The fourth-order valence-corrected chi connectivity index (χ4v) is 2.35. The molecular weight excluding hydrogens is 306 g/mol. The molecule has 3 aromatic rings. The van der Waals surface area contributed by atoms with E-state index in [4.69, 9.17) is 9.15 Å². The second kappa shape index (κ2) is 6.54. The number of nitrogens with one attached hydrogen (secondary N) is 1. The quantitative estimate of drug-likeness (QED) is 0.793. The summed E-state index contributed by atoms with van der Waals surface area (Å²) in [5.74, 6) is 0.729. The van der Waals surface area contributed by atoms with E-state index in [9.17, 15) is 4.79 Å². The van der Waals surface area contributed by atoms with E-state index >= 15 is 0 Å². The Kier molecular flexibility index (Phi) is 4.29. The van der Waals surface area contributed by atoms with Gasteiger partial charge < -0.3 is 9.15 Å². The highest BCUT2D eigenvalue weighted by atomic mass is 16.5. The molecule has 1 heterocycles. The number of hydrogen-bond donors (Lipinski definition) is 1. The molecule has 0 saturated carbocycles. The molecule has 1 aromatic heterocycles. The lowest BCUT2D eigenvalue weighted by molar-refractivity contribution is 0.102. The minimum absolute atomic E-state index is 0.0609. The number of carbonyl (C=O) groups is 1. The van der Waals surface area contributed by atoms with Gasteiger partial charge in [0.25, 0.3) is 5.91 Å². The summed E-state index contributed by atoms with van der Waals surface area (Å²) in [5, 5.41) is 10.5. The van der Waals surface area contributed by atoms with Crippen molar-refractivity contribution in [3.8, 4) is 17.2 Å². The van der Waals surface area contributed by atoms with Crippen LogP contribution >= 0.6 is 0 Å². The van der Waals surface area contributed by atoms with Crippen molar-refractivity contribution in [2.45, 2.75) is 13.8 Å². The third-order valence-corrected chi connectivity index (χ3v) is 3.61. The maximum absolute atomic E-state index is 12.2. The zero-order chi connectivity index (χ0) is 17.1. The SMILES string of the molecule is COc1ccc(C(=O)Nc2nnc(-c3ccc(C)cc3C)o2)cc1. The van der Waals surface area contributed by atoms with Gasteiger partial charge in [0.15, 0.2) is 0 Å². The molecule has 0 fully saturated rings. The Morgan fingerprint density at radius 2 is 1.83 bits per heavy atom. The van der Waals surface area contributed by atoms with E-state index in [-0.39, 0.29) is 11.9 Å². The second-order valence-electron chi connectivity index (χ2n) is 5.41. The highest BCUT2D eigenvalue weighted by Gasteiger charge is 2.14. The number of carbonyl (C=O) groups excluding carboxylic acids is 1. The van der Waals surface area contributed by atoms with Gasteiger partial charge in [0.05, 0.1) is 7.11 Å². The fourth-order valence-electron chi connectivity index (χ4n) is 2.35. The van der Waals surface area contributed by atoms with Crippen LogP contribution in [0.15, 0.2) is 46.9 Å². The van der Waals surface area contributed by atoms with Gasteiger partial charge in [-0.3, -0.25) is 10.1 Å². The van der Waals surface area contributed by atoms with Gasteiger partial charge in [-0.25, -0.2) is 0 Å². The average molecular weight is 323 g/mol. The van der Waals surface area contributed by atoms with Crippen molar-refractivity contribution in [3.63, 3.8) is 0 Å². The number of nitrogens with zero attached hydrogens (tertiary/aromatic N) is 2. The van der Waals surface area contributed by atoms with Crippen molar-refractivity contribution >= 4 is 11.9 Å². The Labute approximate surface area is 139 Å². The van der Waals surface area contributed by atoms with Crippen LogP contribution in [0.5, 0.6) is 5.75 Å². The minimum atomic E-state index is -0.325. The molecule has 0 aliphatic carbocycles. The summed E-state index contributed by atoms with van der Waals surface area (Å²) in [5.41, 5.74) is 3.51. The molecular formula is C18H17N3O3. The molecule has 0 unspecified atom stereocenters. The van der Waals surface area contributed by atoms with Gasteiger partial charge in [-0.1, -0.05) is 22.8 Å². The van der Waals surface area contributed by atoms with E-state index in [0.29, 0.717) is 17.2 Å². The molecule has 0 bridgehead atoms. The maximum atomic E-state index is 12.2. The molecule has 2 aromatic carbocycles. The topological polar surface area (TPSA) is 77.2 Å². The molecule has 24 heavy (non-hydrogen) atoms. The van der Waals surface area contributed by atoms with Crippen LogP contribution in [0.3, 0.4) is 0 Å². The monoisotopic (exact) mass is 323 g/mol. The molecule has 6 nitrogen and oxygen atoms in total. The van der Waals surface area contributed by atoms with Crippen LogP contribution in [0, 0.1) is 13.8 Å². The minimum Gasteiger partial charge on any atom is -0.497 e. The summed E-state index contributed by atoms with van der Waals surface area (Å²) in [6.07, 6.45) is 0. The number of amides is 1. The zero-order valence-electron chi connectivity index (χ0n) is 13.7.